The number of rotatable bonds is 4. The topological polar surface area (TPSA) is 20.2 Å². The molecule has 0 radical (unpaired) electrons. The van der Waals surface area contributed by atoms with Crippen LogP contribution in [0.25, 0.3) is 0 Å². The highest BCUT2D eigenvalue weighted by atomic mass is 16.3. The molecule has 1 aromatic rings. The Bertz CT molecular complexity index is 324. The first-order valence-electron chi connectivity index (χ1n) is 4.68. The van der Waals surface area contributed by atoms with Gasteiger partial charge in [0.1, 0.15) is 0 Å². The zero-order chi connectivity index (χ0) is 10.6. The van der Waals surface area contributed by atoms with E-state index < -0.39 is 6.10 Å². The summed E-state index contributed by atoms with van der Waals surface area (Å²) in [5.41, 5.74) is 2.76. The second-order valence-electron chi connectivity index (χ2n) is 3.51. The van der Waals surface area contributed by atoms with Gasteiger partial charge in [-0.3, -0.25) is 0 Å². The molecule has 1 N–H and O–H groups in total. The molecule has 1 aromatic carbocycles. The number of hydrogen-bond donors (Lipinski definition) is 1. The lowest BCUT2D eigenvalue weighted by Gasteiger charge is -2.12. The Labute approximate surface area is 85.4 Å². The van der Waals surface area contributed by atoms with E-state index in [9.17, 15) is 5.11 Å². The molecule has 0 aliphatic rings. The van der Waals surface area contributed by atoms with Gasteiger partial charge in [-0.25, -0.2) is 0 Å². The first kappa shape index (κ1) is 10.7. The van der Waals surface area contributed by atoms with Crippen LogP contribution in [-0.4, -0.2) is 5.11 Å². The molecule has 1 unspecified atom stereocenters. The Balaban J connectivity index is 2.64. The van der Waals surface area contributed by atoms with Crippen LogP contribution < -0.4 is 0 Å². The van der Waals surface area contributed by atoms with E-state index in [0.29, 0.717) is 6.42 Å². The van der Waals surface area contributed by atoms with Gasteiger partial charge in [-0.2, -0.15) is 0 Å². The fraction of sp³-hybridized carbons (Fsp3) is 0.231. The maximum absolute atomic E-state index is 9.84. The minimum atomic E-state index is -0.472. The lowest BCUT2D eigenvalue weighted by atomic mass is 9.99. The zero-order valence-corrected chi connectivity index (χ0v) is 8.53. The minimum Gasteiger partial charge on any atom is -0.388 e. The maximum Gasteiger partial charge on any atom is 0.0830 e. The quantitative estimate of drug-likeness (QED) is 0.719. The summed E-state index contributed by atoms with van der Waals surface area (Å²) >= 11 is 0. The molecule has 0 fully saturated rings. The smallest absolute Gasteiger partial charge is 0.0830 e. The summed E-state index contributed by atoms with van der Waals surface area (Å²) in [7, 11) is 0. The highest BCUT2D eigenvalue weighted by Crippen LogP contribution is 2.22. The molecule has 1 atom stereocenters. The predicted molar refractivity (Wildman–Crippen MR) is 60.0 cm³/mol. The van der Waals surface area contributed by atoms with Crippen molar-refractivity contribution in [3.8, 4) is 0 Å². The number of hydrogen-bond acceptors (Lipinski definition) is 1. The van der Waals surface area contributed by atoms with Crippen LogP contribution in [0.1, 0.15) is 25.0 Å². The summed E-state index contributed by atoms with van der Waals surface area (Å²) in [5, 5.41) is 9.84. The first-order chi connectivity index (χ1) is 6.61. The second kappa shape index (κ2) is 4.77. The van der Waals surface area contributed by atoms with Crippen molar-refractivity contribution in [1.82, 2.24) is 0 Å². The Kier molecular flexibility index (Phi) is 3.66. The van der Waals surface area contributed by atoms with Gasteiger partial charge in [-0.15, -0.1) is 0 Å². The summed E-state index contributed by atoms with van der Waals surface area (Å²) < 4.78 is 0. The highest BCUT2D eigenvalue weighted by Gasteiger charge is 2.08. The van der Waals surface area contributed by atoms with E-state index >= 15 is 0 Å². The maximum atomic E-state index is 9.84. The van der Waals surface area contributed by atoms with E-state index in [4.69, 9.17) is 0 Å². The van der Waals surface area contributed by atoms with Crippen LogP contribution >= 0.6 is 0 Å². The zero-order valence-electron chi connectivity index (χ0n) is 8.53. The molecule has 0 heterocycles. The van der Waals surface area contributed by atoms with Crippen LogP contribution in [0.4, 0.5) is 0 Å². The van der Waals surface area contributed by atoms with Gasteiger partial charge in [0.2, 0.25) is 0 Å². The standard InChI is InChI=1S/C13H16O/c1-10(2)11(3)9-13(14)12-7-5-4-6-8-12/h4-8,13-14H,1,3,9H2,2H3. The van der Waals surface area contributed by atoms with Crippen molar-refractivity contribution in [3.05, 3.63) is 60.2 Å². The molecule has 74 valence electrons. The van der Waals surface area contributed by atoms with Crippen LogP contribution in [0.15, 0.2) is 54.6 Å². The van der Waals surface area contributed by atoms with E-state index in [1.54, 1.807) is 0 Å². The largest absolute Gasteiger partial charge is 0.388 e. The molecule has 0 saturated heterocycles. The molecule has 0 spiro atoms. The molecule has 1 heteroatoms. The number of aliphatic hydroxyl groups is 1. The lowest BCUT2D eigenvalue weighted by Crippen LogP contribution is -1.98. The number of benzene rings is 1. The van der Waals surface area contributed by atoms with Crippen LogP contribution in [0, 0.1) is 0 Å². The monoisotopic (exact) mass is 188 g/mol. The summed E-state index contributed by atoms with van der Waals surface area (Å²) in [5.74, 6) is 0. The van der Waals surface area contributed by atoms with Crippen molar-refractivity contribution >= 4 is 0 Å². The van der Waals surface area contributed by atoms with Crippen molar-refractivity contribution in [3.63, 3.8) is 0 Å². The summed E-state index contributed by atoms with van der Waals surface area (Å²) in [6, 6.07) is 9.60. The molecule has 14 heavy (non-hydrogen) atoms. The molecule has 0 bridgehead atoms. The lowest BCUT2D eigenvalue weighted by molar-refractivity contribution is 0.179. The van der Waals surface area contributed by atoms with Gasteiger partial charge in [0, 0.05) is 6.42 Å². The van der Waals surface area contributed by atoms with Crippen molar-refractivity contribution in [1.29, 1.82) is 0 Å². The fourth-order valence-corrected chi connectivity index (χ4v) is 1.20. The van der Waals surface area contributed by atoms with E-state index in [0.717, 1.165) is 16.7 Å². The van der Waals surface area contributed by atoms with Crippen LogP contribution in [0.2, 0.25) is 0 Å². The molecular weight excluding hydrogens is 172 g/mol. The van der Waals surface area contributed by atoms with Gasteiger partial charge in [-0.05, 0) is 18.1 Å². The third-order valence-corrected chi connectivity index (χ3v) is 2.23. The molecule has 1 nitrogen and oxygen atoms in total. The summed E-state index contributed by atoms with van der Waals surface area (Å²) in [4.78, 5) is 0. The number of allylic oxidation sites excluding steroid dienone is 1. The molecule has 0 aromatic heterocycles. The predicted octanol–water partition coefficient (Wildman–Crippen LogP) is 3.24. The molecular formula is C13H16O. The third-order valence-electron chi connectivity index (χ3n) is 2.23. The Hall–Kier alpha value is -1.34. The van der Waals surface area contributed by atoms with Crippen LogP contribution in [0.5, 0.6) is 0 Å². The summed E-state index contributed by atoms with van der Waals surface area (Å²) in [6.45, 7) is 9.55. The van der Waals surface area contributed by atoms with Crippen molar-refractivity contribution in [2.24, 2.45) is 0 Å². The molecule has 0 saturated carbocycles. The van der Waals surface area contributed by atoms with Gasteiger partial charge in [0.15, 0.2) is 0 Å². The van der Waals surface area contributed by atoms with Gasteiger partial charge in [0.05, 0.1) is 6.10 Å². The van der Waals surface area contributed by atoms with Gasteiger partial charge >= 0.3 is 0 Å². The molecule has 0 amide bonds. The van der Waals surface area contributed by atoms with Gasteiger partial charge in [-0.1, -0.05) is 49.1 Å². The van der Waals surface area contributed by atoms with Crippen molar-refractivity contribution < 1.29 is 5.11 Å². The molecule has 0 aliphatic carbocycles. The van der Waals surface area contributed by atoms with E-state index in [-0.39, 0.29) is 0 Å². The van der Waals surface area contributed by atoms with Crippen molar-refractivity contribution in [2.45, 2.75) is 19.4 Å². The second-order valence-corrected chi connectivity index (χ2v) is 3.51. The first-order valence-corrected chi connectivity index (χ1v) is 4.68. The Morgan fingerprint density at radius 2 is 1.86 bits per heavy atom. The van der Waals surface area contributed by atoms with E-state index in [2.05, 4.69) is 13.2 Å². The van der Waals surface area contributed by atoms with Gasteiger partial charge in [0.25, 0.3) is 0 Å². The minimum absolute atomic E-state index is 0.472. The molecule has 1 rings (SSSR count). The van der Waals surface area contributed by atoms with E-state index in [1.807, 2.05) is 37.3 Å². The average molecular weight is 188 g/mol. The Morgan fingerprint density at radius 1 is 1.29 bits per heavy atom. The highest BCUT2D eigenvalue weighted by molar-refractivity contribution is 5.26. The fourth-order valence-electron chi connectivity index (χ4n) is 1.20. The number of aliphatic hydroxyl groups excluding tert-OH is 1. The van der Waals surface area contributed by atoms with Crippen LogP contribution in [0.3, 0.4) is 0 Å². The summed E-state index contributed by atoms with van der Waals surface area (Å²) in [6.07, 6.45) is 0.0831. The SMILES string of the molecule is C=C(C)C(=C)CC(O)c1ccccc1. The molecule has 0 aliphatic heterocycles. The normalized spacial score (nSPS) is 12.1. The Morgan fingerprint density at radius 3 is 2.36 bits per heavy atom. The van der Waals surface area contributed by atoms with Crippen molar-refractivity contribution in [2.75, 3.05) is 0 Å². The van der Waals surface area contributed by atoms with E-state index in [1.165, 1.54) is 0 Å². The average Bonchev–Trinajstić information content (AvgIpc) is 2.19. The third kappa shape index (κ3) is 2.86. The van der Waals surface area contributed by atoms with Gasteiger partial charge < -0.3 is 5.11 Å². The van der Waals surface area contributed by atoms with Crippen LogP contribution in [-0.2, 0) is 0 Å².